The zero-order valence-corrected chi connectivity index (χ0v) is 9.48. The number of carbonyl (C=O) groups is 1. The maximum absolute atomic E-state index is 11.8. The quantitative estimate of drug-likeness (QED) is 0.716. The summed E-state index contributed by atoms with van der Waals surface area (Å²) in [5, 5.41) is 0. The van der Waals surface area contributed by atoms with Crippen LogP contribution >= 0.6 is 0 Å². The van der Waals surface area contributed by atoms with Gasteiger partial charge in [0, 0.05) is 18.1 Å². The van der Waals surface area contributed by atoms with Gasteiger partial charge < -0.3 is 15.4 Å². The molecule has 1 amide bonds. The Morgan fingerprint density at radius 3 is 2.33 bits per heavy atom. The fourth-order valence-corrected chi connectivity index (χ4v) is 2.78. The maximum atomic E-state index is 11.8. The van der Waals surface area contributed by atoms with Crippen LogP contribution in [0.2, 0.25) is 0 Å². The Bertz CT molecular complexity index is 241. The molecule has 0 aliphatic carbocycles. The van der Waals surface area contributed by atoms with E-state index in [1.54, 1.807) is 0 Å². The van der Waals surface area contributed by atoms with Gasteiger partial charge in [0.25, 0.3) is 0 Å². The summed E-state index contributed by atoms with van der Waals surface area (Å²) >= 11 is 0. The fraction of sp³-hybridized carbons (Fsp3) is 0.909. The molecular weight excluding hydrogens is 192 g/mol. The molecule has 4 nitrogen and oxygen atoms in total. The number of amides is 1. The second kappa shape index (κ2) is 4.00. The van der Waals surface area contributed by atoms with E-state index in [4.69, 9.17) is 10.5 Å². The summed E-state index contributed by atoms with van der Waals surface area (Å²) in [7, 11) is 0. The highest BCUT2D eigenvalue weighted by molar-refractivity contribution is 5.69. The monoisotopic (exact) mass is 212 g/mol. The summed E-state index contributed by atoms with van der Waals surface area (Å²) in [4.78, 5) is 13.8. The Balaban J connectivity index is 2.01. The minimum atomic E-state index is -0.149. The van der Waals surface area contributed by atoms with Crippen molar-refractivity contribution in [2.45, 2.75) is 63.8 Å². The molecule has 2 atom stereocenters. The smallest absolute Gasteiger partial charge is 0.410 e. The van der Waals surface area contributed by atoms with E-state index in [9.17, 15) is 4.79 Å². The highest BCUT2D eigenvalue weighted by atomic mass is 16.6. The lowest BCUT2D eigenvalue weighted by Gasteiger charge is -2.37. The summed E-state index contributed by atoms with van der Waals surface area (Å²) in [6.07, 6.45) is 3.86. The van der Waals surface area contributed by atoms with Gasteiger partial charge in [0.05, 0.1) is 6.10 Å². The predicted molar refractivity (Wildman–Crippen MR) is 57.5 cm³/mol. The third-order valence-electron chi connectivity index (χ3n) is 3.32. The molecule has 0 saturated carbocycles. The van der Waals surface area contributed by atoms with E-state index in [1.165, 1.54) is 0 Å². The molecule has 2 unspecified atom stereocenters. The molecule has 4 heteroatoms. The Morgan fingerprint density at radius 2 is 1.87 bits per heavy atom. The topological polar surface area (TPSA) is 55.6 Å². The average molecular weight is 212 g/mol. The van der Waals surface area contributed by atoms with E-state index in [0.29, 0.717) is 12.1 Å². The van der Waals surface area contributed by atoms with Gasteiger partial charge in [0.1, 0.15) is 0 Å². The minimum Gasteiger partial charge on any atom is -0.447 e. The van der Waals surface area contributed by atoms with Crippen LogP contribution in [0.1, 0.15) is 39.5 Å². The van der Waals surface area contributed by atoms with Crippen LogP contribution in [-0.2, 0) is 4.74 Å². The van der Waals surface area contributed by atoms with E-state index in [0.717, 1.165) is 25.7 Å². The lowest BCUT2D eigenvalue weighted by Crippen LogP contribution is -2.50. The van der Waals surface area contributed by atoms with Crippen molar-refractivity contribution in [1.82, 2.24) is 4.90 Å². The minimum absolute atomic E-state index is 0.0347. The third kappa shape index (κ3) is 2.09. The van der Waals surface area contributed by atoms with Crippen LogP contribution in [0.3, 0.4) is 0 Å². The summed E-state index contributed by atoms with van der Waals surface area (Å²) in [6, 6.07) is 0.917. The number of carbonyl (C=O) groups excluding carboxylic acids is 1. The molecule has 0 aromatic heterocycles. The van der Waals surface area contributed by atoms with Crippen molar-refractivity contribution in [2.24, 2.45) is 5.73 Å². The lowest BCUT2D eigenvalue weighted by atomic mass is 9.99. The molecule has 2 rings (SSSR count). The van der Waals surface area contributed by atoms with Crippen LogP contribution in [0.25, 0.3) is 0 Å². The normalized spacial score (nSPS) is 34.7. The zero-order valence-electron chi connectivity index (χ0n) is 9.48. The molecular formula is C11H20N2O2. The number of rotatable bonds is 1. The molecule has 2 fully saturated rings. The number of piperidine rings is 1. The molecule has 2 heterocycles. The molecule has 0 spiro atoms. The number of ether oxygens (including phenoxy) is 1. The first kappa shape index (κ1) is 10.7. The third-order valence-corrected chi connectivity index (χ3v) is 3.32. The van der Waals surface area contributed by atoms with Crippen LogP contribution < -0.4 is 5.73 Å². The first-order chi connectivity index (χ1) is 7.08. The Hall–Kier alpha value is -0.770. The first-order valence-electron chi connectivity index (χ1n) is 5.82. The highest BCUT2D eigenvalue weighted by Gasteiger charge is 2.43. The number of fused-ring (bicyclic) bond motifs is 2. The van der Waals surface area contributed by atoms with E-state index >= 15 is 0 Å². The molecule has 86 valence electrons. The van der Waals surface area contributed by atoms with Crippen LogP contribution in [0.5, 0.6) is 0 Å². The molecule has 2 bridgehead atoms. The first-order valence-corrected chi connectivity index (χ1v) is 5.82. The molecule has 2 saturated heterocycles. The Labute approximate surface area is 90.8 Å². The fourth-order valence-electron chi connectivity index (χ4n) is 2.78. The molecule has 0 radical (unpaired) electrons. The van der Waals surface area contributed by atoms with Crippen molar-refractivity contribution in [2.75, 3.05) is 0 Å². The van der Waals surface area contributed by atoms with Gasteiger partial charge in [0.15, 0.2) is 0 Å². The molecule has 2 N–H and O–H groups in total. The van der Waals surface area contributed by atoms with Gasteiger partial charge in [-0.05, 0) is 39.5 Å². The molecule has 0 aromatic rings. The molecule has 0 aromatic carbocycles. The van der Waals surface area contributed by atoms with Gasteiger partial charge in [0.2, 0.25) is 0 Å². The van der Waals surface area contributed by atoms with E-state index in [-0.39, 0.29) is 18.2 Å². The van der Waals surface area contributed by atoms with Crippen molar-refractivity contribution in [3.8, 4) is 0 Å². The van der Waals surface area contributed by atoms with Gasteiger partial charge in [-0.15, -0.1) is 0 Å². The van der Waals surface area contributed by atoms with E-state index in [1.807, 2.05) is 18.7 Å². The zero-order chi connectivity index (χ0) is 11.0. The Morgan fingerprint density at radius 1 is 1.33 bits per heavy atom. The van der Waals surface area contributed by atoms with E-state index in [2.05, 4.69) is 0 Å². The average Bonchev–Trinajstić information content (AvgIpc) is 2.38. The van der Waals surface area contributed by atoms with Crippen molar-refractivity contribution in [1.29, 1.82) is 0 Å². The molecule has 2 aliphatic heterocycles. The van der Waals surface area contributed by atoms with Crippen molar-refractivity contribution < 1.29 is 9.53 Å². The summed E-state index contributed by atoms with van der Waals surface area (Å²) in [6.45, 7) is 3.77. The van der Waals surface area contributed by atoms with Gasteiger partial charge in [-0.1, -0.05) is 0 Å². The molecule has 2 aliphatic rings. The van der Waals surface area contributed by atoms with Crippen LogP contribution in [0, 0.1) is 0 Å². The Kier molecular flexibility index (Phi) is 2.87. The lowest BCUT2D eigenvalue weighted by molar-refractivity contribution is 0.0472. The second-order valence-electron chi connectivity index (χ2n) is 4.96. The van der Waals surface area contributed by atoms with Gasteiger partial charge in [-0.2, -0.15) is 0 Å². The summed E-state index contributed by atoms with van der Waals surface area (Å²) in [5.74, 6) is 0. The standard InChI is InChI=1S/C11H20N2O2/c1-7(2)15-11(14)13-9-3-4-10(13)6-8(12)5-9/h7-10H,3-6,12H2,1-2H3. The summed E-state index contributed by atoms with van der Waals surface area (Å²) in [5.41, 5.74) is 5.94. The van der Waals surface area contributed by atoms with Gasteiger partial charge in [-0.3, -0.25) is 0 Å². The number of hydrogen-bond acceptors (Lipinski definition) is 3. The highest BCUT2D eigenvalue weighted by Crippen LogP contribution is 2.35. The molecule has 15 heavy (non-hydrogen) atoms. The van der Waals surface area contributed by atoms with Gasteiger partial charge >= 0.3 is 6.09 Å². The van der Waals surface area contributed by atoms with Crippen LogP contribution in [-0.4, -0.2) is 35.2 Å². The maximum Gasteiger partial charge on any atom is 0.410 e. The predicted octanol–water partition coefficient (Wildman–Crippen LogP) is 1.49. The van der Waals surface area contributed by atoms with Crippen molar-refractivity contribution >= 4 is 6.09 Å². The summed E-state index contributed by atoms with van der Waals surface area (Å²) < 4.78 is 5.25. The number of nitrogens with two attached hydrogens (primary N) is 1. The SMILES string of the molecule is CC(C)OC(=O)N1C2CCC1CC(N)C2. The second-order valence-corrected chi connectivity index (χ2v) is 4.96. The largest absolute Gasteiger partial charge is 0.447 e. The van der Waals surface area contributed by atoms with Crippen molar-refractivity contribution in [3.63, 3.8) is 0 Å². The number of nitrogens with zero attached hydrogens (tertiary/aromatic N) is 1. The van der Waals surface area contributed by atoms with Gasteiger partial charge in [-0.25, -0.2) is 4.79 Å². The van der Waals surface area contributed by atoms with E-state index < -0.39 is 0 Å². The van der Waals surface area contributed by atoms with Crippen LogP contribution in [0.4, 0.5) is 4.79 Å². The number of hydrogen-bond donors (Lipinski definition) is 1. The van der Waals surface area contributed by atoms with Crippen LogP contribution in [0.15, 0.2) is 0 Å². The van der Waals surface area contributed by atoms with Crippen molar-refractivity contribution in [3.05, 3.63) is 0 Å².